The van der Waals surface area contributed by atoms with Crippen LogP contribution < -0.4 is 0 Å². The van der Waals surface area contributed by atoms with Gasteiger partial charge < -0.3 is 5.11 Å². The lowest BCUT2D eigenvalue weighted by Gasteiger charge is -2.07. The quantitative estimate of drug-likeness (QED) is 0.772. The molecule has 0 aromatic carbocycles. The number of aliphatic hydroxyl groups excluding tert-OH is 1. The van der Waals surface area contributed by atoms with Gasteiger partial charge in [-0.15, -0.1) is 22.7 Å². The van der Waals surface area contributed by atoms with E-state index in [0.717, 1.165) is 18.7 Å². The molecule has 0 aliphatic heterocycles. The third kappa shape index (κ3) is 2.43. The van der Waals surface area contributed by atoms with E-state index < -0.39 is 6.10 Å². The van der Waals surface area contributed by atoms with E-state index >= 15 is 0 Å². The Morgan fingerprint density at radius 2 is 1.88 bits per heavy atom. The molecule has 86 valence electrons. The van der Waals surface area contributed by atoms with Crippen LogP contribution in [-0.4, -0.2) is 5.11 Å². The molecular weight excluding hydrogens is 372 g/mol. The number of thiophene rings is 2. The molecule has 1 N–H and O–H groups in total. The molecule has 0 amide bonds. The monoisotopic (exact) mass is 380 g/mol. The molecule has 16 heavy (non-hydrogen) atoms. The van der Waals surface area contributed by atoms with Crippen LogP contribution in [-0.2, 0) is 0 Å². The normalized spacial score (nSPS) is 13.1. The number of halogens is 2. The highest BCUT2D eigenvalue weighted by molar-refractivity contribution is 9.13. The zero-order valence-corrected chi connectivity index (χ0v) is 13.6. The third-order valence-electron chi connectivity index (χ3n) is 2.31. The summed E-state index contributed by atoms with van der Waals surface area (Å²) >= 11 is 10.2. The molecule has 0 fully saturated rings. The molecule has 0 bridgehead atoms. The molecule has 2 rings (SSSR count). The van der Waals surface area contributed by atoms with Crippen molar-refractivity contribution in [1.29, 1.82) is 0 Å². The summed E-state index contributed by atoms with van der Waals surface area (Å²) in [5, 5.41) is 10.3. The van der Waals surface area contributed by atoms with Crippen molar-refractivity contribution < 1.29 is 5.11 Å². The van der Waals surface area contributed by atoms with Gasteiger partial charge in [-0.25, -0.2) is 0 Å². The van der Waals surface area contributed by atoms with Gasteiger partial charge in [0.15, 0.2) is 0 Å². The minimum absolute atomic E-state index is 0.516. The number of aliphatic hydroxyl groups is 1. The summed E-state index contributed by atoms with van der Waals surface area (Å²) in [6.07, 6.45) is -0.516. The molecule has 1 nitrogen and oxygen atoms in total. The summed E-state index contributed by atoms with van der Waals surface area (Å²) in [5.41, 5.74) is 1.02. The fourth-order valence-electron chi connectivity index (χ4n) is 1.57. The molecule has 1 unspecified atom stereocenters. The van der Waals surface area contributed by atoms with Gasteiger partial charge in [0.2, 0.25) is 0 Å². The van der Waals surface area contributed by atoms with E-state index in [9.17, 15) is 5.11 Å². The van der Waals surface area contributed by atoms with Gasteiger partial charge in [-0.2, -0.15) is 0 Å². The first kappa shape index (κ1) is 12.8. The topological polar surface area (TPSA) is 20.2 Å². The van der Waals surface area contributed by atoms with Gasteiger partial charge in [0, 0.05) is 19.1 Å². The Labute approximate surface area is 119 Å². The lowest BCUT2D eigenvalue weighted by atomic mass is 10.1. The maximum Gasteiger partial charge on any atom is 0.114 e. The van der Waals surface area contributed by atoms with Crippen LogP contribution in [0.1, 0.15) is 26.3 Å². The first-order valence-electron chi connectivity index (χ1n) is 4.68. The molecule has 2 aromatic heterocycles. The van der Waals surface area contributed by atoms with Crippen LogP contribution in [0.5, 0.6) is 0 Å². The Balaban J connectivity index is 2.38. The van der Waals surface area contributed by atoms with Crippen molar-refractivity contribution in [2.75, 3.05) is 0 Å². The smallest absolute Gasteiger partial charge is 0.114 e. The summed E-state index contributed by atoms with van der Waals surface area (Å²) in [7, 11) is 0. The van der Waals surface area contributed by atoms with Crippen molar-refractivity contribution in [2.45, 2.75) is 20.0 Å². The maximum absolute atomic E-state index is 10.3. The van der Waals surface area contributed by atoms with Crippen LogP contribution in [0, 0.1) is 13.8 Å². The van der Waals surface area contributed by atoms with Gasteiger partial charge in [0.05, 0.1) is 3.79 Å². The summed E-state index contributed by atoms with van der Waals surface area (Å²) < 4.78 is 2.02. The average Bonchev–Trinajstić information content (AvgIpc) is 2.70. The van der Waals surface area contributed by atoms with E-state index in [1.54, 1.807) is 22.7 Å². The highest BCUT2D eigenvalue weighted by atomic mass is 79.9. The van der Waals surface area contributed by atoms with Crippen molar-refractivity contribution in [1.82, 2.24) is 0 Å². The minimum Gasteiger partial charge on any atom is -0.383 e. The van der Waals surface area contributed by atoms with Crippen LogP contribution in [0.2, 0.25) is 0 Å². The maximum atomic E-state index is 10.3. The van der Waals surface area contributed by atoms with Crippen molar-refractivity contribution >= 4 is 54.5 Å². The Bertz CT molecular complexity index is 497. The largest absolute Gasteiger partial charge is 0.383 e. The summed E-state index contributed by atoms with van der Waals surface area (Å²) in [5.74, 6) is 0. The van der Waals surface area contributed by atoms with Crippen LogP contribution in [0.4, 0.5) is 0 Å². The standard InChI is InChI=1S/C11H10Br2OS2/c1-5-3-7(6(2)15-5)10(14)9-4-8(12)11(13)16-9/h3-4,10,14H,1-2H3. The molecule has 0 aliphatic rings. The molecule has 0 saturated carbocycles. The lowest BCUT2D eigenvalue weighted by molar-refractivity contribution is 0.224. The number of aryl methyl sites for hydroxylation is 2. The van der Waals surface area contributed by atoms with Crippen LogP contribution in [0.3, 0.4) is 0 Å². The van der Waals surface area contributed by atoms with E-state index in [0.29, 0.717) is 0 Å². The Morgan fingerprint density at radius 1 is 1.19 bits per heavy atom. The van der Waals surface area contributed by atoms with Crippen molar-refractivity contribution in [3.05, 3.63) is 40.6 Å². The first-order chi connectivity index (χ1) is 7.49. The van der Waals surface area contributed by atoms with Gasteiger partial charge in [0.25, 0.3) is 0 Å². The van der Waals surface area contributed by atoms with Crippen LogP contribution in [0.25, 0.3) is 0 Å². The van der Waals surface area contributed by atoms with E-state index in [-0.39, 0.29) is 0 Å². The first-order valence-corrected chi connectivity index (χ1v) is 7.90. The molecule has 1 atom stereocenters. The van der Waals surface area contributed by atoms with Crippen molar-refractivity contribution in [3.63, 3.8) is 0 Å². The van der Waals surface area contributed by atoms with Gasteiger partial charge in [0.1, 0.15) is 6.10 Å². The van der Waals surface area contributed by atoms with Gasteiger partial charge >= 0.3 is 0 Å². The second-order valence-electron chi connectivity index (χ2n) is 3.54. The van der Waals surface area contributed by atoms with Crippen LogP contribution >= 0.6 is 54.5 Å². The minimum atomic E-state index is -0.516. The van der Waals surface area contributed by atoms with Gasteiger partial charge in [-0.05, 0) is 63.4 Å². The molecule has 0 spiro atoms. The molecule has 2 aromatic rings. The number of hydrogen-bond donors (Lipinski definition) is 1. The zero-order chi connectivity index (χ0) is 11.9. The molecule has 0 radical (unpaired) electrons. The summed E-state index contributed by atoms with van der Waals surface area (Å²) in [6.45, 7) is 4.11. The summed E-state index contributed by atoms with van der Waals surface area (Å²) in [6, 6.07) is 4.03. The average molecular weight is 382 g/mol. The highest BCUT2D eigenvalue weighted by Gasteiger charge is 2.18. The zero-order valence-electron chi connectivity index (χ0n) is 8.75. The fourth-order valence-corrected chi connectivity index (χ4v) is 4.63. The Hall–Kier alpha value is 0.320. The second kappa shape index (κ2) is 4.90. The lowest BCUT2D eigenvalue weighted by Crippen LogP contribution is -1.96. The van der Waals surface area contributed by atoms with E-state index in [1.165, 1.54) is 9.75 Å². The van der Waals surface area contributed by atoms with E-state index in [1.807, 2.05) is 13.0 Å². The number of hydrogen-bond acceptors (Lipinski definition) is 3. The van der Waals surface area contributed by atoms with Crippen LogP contribution in [0.15, 0.2) is 20.4 Å². The molecular formula is C11H10Br2OS2. The predicted octanol–water partition coefficient (Wildman–Crippen LogP) is 5.03. The molecule has 0 aliphatic carbocycles. The predicted molar refractivity (Wildman–Crippen MR) is 77.6 cm³/mol. The number of rotatable bonds is 2. The Kier molecular flexibility index (Phi) is 3.91. The van der Waals surface area contributed by atoms with E-state index in [2.05, 4.69) is 44.8 Å². The SMILES string of the molecule is Cc1cc(C(O)c2cc(Br)c(Br)s2)c(C)s1. The van der Waals surface area contributed by atoms with Crippen molar-refractivity contribution in [2.24, 2.45) is 0 Å². The third-order valence-corrected chi connectivity index (χ3v) is 6.60. The molecule has 5 heteroatoms. The fraction of sp³-hybridized carbons (Fsp3) is 0.273. The van der Waals surface area contributed by atoms with E-state index in [4.69, 9.17) is 0 Å². The Morgan fingerprint density at radius 3 is 2.31 bits per heavy atom. The van der Waals surface area contributed by atoms with Crippen molar-refractivity contribution in [3.8, 4) is 0 Å². The summed E-state index contributed by atoms with van der Waals surface area (Å²) in [4.78, 5) is 3.38. The molecule has 0 saturated heterocycles. The van der Waals surface area contributed by atoms with Gasteiger partial charge in [-0.1, -0.05) is 0 Å². The molecule has 2 heterocycles. The van der Waals surface area contributed by atoms with Gasteiger partial charge in [-0.3, -0.25) is 0 Å². The second-order valence-corrected chi connectivity index (χ2v) is 8.26. The highest BCUT2D eigenvalue weighted by Crippen LogP contribution is 2.39.